The molecule has 5 atom stereocenters. The number of alkyl halides is 3. The number of hydrogen-bond donors (Lipinski definition) is 1. The standard InChI is InChI=1S/C29H33F3O5S.4CH4.3H2S/c1-3-4-14-28(34)15-13-25-23-11-7-19-16-20(33)8-12-22(19)26(23)24(17-27(25,28)2)18-5-9-21(10-6-18)37-38(35,36)29(30,31)32;;;;;;;/h3-6,9-10,16,23-25,34H,7-8,11-15,17H2,1-2H3;4*1H4;3*1H2/b4-3+;;;;;;;/t23-,24+,25-,27-,28-;;;;;;;/m0......./s1. The van der Waals surface area contributed by atoms with Crippen molar-refractivity contribution in [3.63, 3.8) is 0 Å². The quantitative estimate of drug-likeness (QED) is 0.187. The van der Waals surface area contributed by atoms with E-state index in [0.29, 0.717) is 32.1 Å². The first kappa shape index (κ1) is 48.1. The monoisotopic (exact) mass is 716 g/mol. The summed E-state index contributed by atoms with van der Waals surface area (Å²) in [5.74, 6) is 0.138. The van der Waals surface area contributed by atoms with Crippen molar-refractivity contribution >= 4 is 56.4 Å². The van der Waals surface area contributed by atoms with Gasteiger partial charge in [-0.25, -0.2) is 0 Å². The number of ketones is 1. The molecule has 262 valence electrons. The molecule has 1 N–H and O–H groups in total. The van der Waals surface area contributed by atoms with E-state index >= 15 is 0 Å². The molecule has 0 radical (unpaired) electrons. The maximum atomic E-state index is 12.8. The van der Waals surface area contributed by atoms with Crippen molar-refractivity contribution in [3.05, 3.63) is 64.8 Å². The number of allylic oxidation sites excluding steroid dienone is 5. The van der Waals surface area contributed by atoms with E-state index in [1.807, 2.05) is 19.1 Å². The molecule has 0 aromatic heterocycles. The second-order valence-corrected chi connectivity index (χ2v) is 12.9. The minimum absolute atomic E-state index is 0. The summed E-state index contributed by atoms with van der Waals surface area (Å²) in [5.41, 5.74) is -2.34. The van der Waals surface area contributed by atoms with Crippen LogP contribution in [-0.4, -0.2) is 30.4 Å². The summed E-state index contributed by atoms with van der Waals surface area (Å²) in [4.78, 5) is 12.2. The highest BCUT2D eigenvalue weighted by Gasteiger charge is 2.62. The van der Waals surface area contributed by atoms with Crippen LogP contribution in [0.1, 0.15) is 106 Å². The van der Waals surface area contributed by atoms with Crippen LogP contribution < -0.4 is 4.18 Å². The summed E-state index contributed by atoms with van der Waals surface area (Å²) in [7, 11) is -5.76. The van der Waals surface area contributed by atoms with Crippen molar-refractivity contribution < 1.29 is 35.7 Å². The zero-order chi connectivity index (χ0) is 27.5. The molecule has 0 amide bonds. The third-order valence-electron chi connectivity index (χ3n) is 9.52. The highest BCUT2D eigenvalue weighted by molar-refractivity contribution is 7.88. The fraction of sp³-hybridized carbons (Fsp3) is 0.606. The Bertz CT molecular complexity index is 1340. The van der Waals surface area contributed by atoms with Crippen LogP contribution in [0.25, 0.3) is 0 Å². The van der Waals surface area contributed by atoms with Gasteiger partial charge in [-0.05, 0) is 98.6 Å². The van der Waals surface area contributed by atoms with Crippen LogP contribution >= 0.6 is 40.5 Å². The molecule has 5 nitrogen and oxygen atoms in total. The first-order chi connectivity index (χ1) is 17.8. The second-order valence-electron chi connectivity index (χ2n) is 11.4. The van der Waals surface area contributed by atoms with E-state index in [9.17, 15) is 31.5 Å². The lowest BCUT2D eigenvalue weighted by molar-refractivity contribution is -0.114. The molecule has 4 aliphatic rings. The largest absolute Gasteiger partial charge is 0.534 e. The number of halogens is 3. The van der Waals surface area contributed by atoms with Gasteiger partial charge >= 0.3 is 15.6 Å². The minimum Gasteiger partial charge on any atom is -0.389 e. The lowest BCUT2D eigenvalue weighted by Crippen LogP contribution is -2.51. The first-order valence-corrected chi connectivity index (χ1v) is 14.6. The van der Waals surface area contributed by atoms with Gasteiger partial charge in [0.2, 0.25) is 0 Å². The van der Waals surface area contributed by atoms with E-state index < -0.39 is 27.0 Å². The van der Waals surface area contributed by atoms with E-state index in [0.717, 1.165) is 30.4 Å². The Kier molecular flexibility index (Phi) is 18.3. The molecule has 2 fully saturated rings. The van der Waals surface area contributed by atoms with Gasteiger partial charge in [0.05, 0.1) is 5.60 Å². The maximum Gasteiger partial charge on any atom is 0.534 e. The molecule has 0 spiro atoms. The molecule has 1 aromatic carbocycles. The molecular weight excluding hydrogens is 662 g/mol. The van der Waals surface area contributed by atoms with Crippen LogP contribution in [0.3, 0.4) is 0 Å². The van der Waals surface area contributed by atoms with Crippen LogP contribution in [0.15, 0.2) is 59.2 Å². The molecule has 0 unspecified atom stereocenters. The molecule has 2 saturated carbocycles. The van der Waals surface area contributed by atoms with Gasteiger partial charge in [0.25, 0.3) is 0 Å². The van der Waals surface area contributed by atoms with Crippen LogP contribution in [-0.2, 0) is 14.9 Å². The van der Waals surface area contributed by atoms with E-state index in [4.69, 9.17) is 0 Å². The SMILES string of the molecule is C.C.C.C.C/C=C/C[C@]1(O)CC[C@H]2[C@@H]3CCC4=CC(=O)CCC4=C3[C@@H](c3ccc(OS(=O)(=O)C(F)(F)F)cc3)C[C@@]21C.S.S.S. The van der Waals surface area contributed by atoms with E-state index in [-0.39, 0.29) is 99.1 Å². The van der Waals surface area contributed by atoms with Crippen molar-refractivity contribution in [2.24, 2.45) is 17.3 Å². The fourth-order valence-corrected chi connectivity index (χ4v) is 8.09. The lowest BCUT2D eigenvalue weighted by atomic mass is 9.51. The smallest absolute Gasteiger partial charge is 0.389 e. The molecule has 5 rings (SSSR count). The van der Waals surface area contributed by atoms with Gasteiger partial charge in [0.15, 0.2) is 5.78 Å². The average molecular weight is 717 g/mol. The van der Waals surface area contributed by atoms with E-state index in [1.165, 1.54) is 23.3 Å². The molecule has 45 heavy (non-hydrogen) atoms. The zero-order valence-corrected chi connectivity index (χ0v) is 26.9. The van der Waals surface area contributed by atoms with Gasteiger partial charge in [0.1, 0.15) is 5.75 Å². The molecule has 0 saturated heterocycles. The minimum atomic E-state index is -5.76. The Morgan fingerprint density at radius 1 is 1.00 bits per heavy atom. The van der Waals surface area contributed by atoms with Crippen LogP contribution in [0.2, 0.25) is 0 Å². The molecular formula is C33H55F3O5S4. The van der Waals surface area contributed by atoms with E-state index in [2.05, 4.69) is 11.1 Å². The number of fused-ring (bicyclic) bond motifs is 4. The van der Waals surface area contributed by atoms with Gasteiger partial charge in [-0.15, -0.1) is 0 Å². The third kappa shape index (κ3) is 8.39. The van der Waals surface area contributed by atoms with Crippen molar-refractivity contribution in [2.75, 3.05) is 0 Å². The third-order valence-corrected chi connectivity index (χ3v) is 10.5. The Morgan fingerprint density at radius 3 is 2.16 bits per heavy atom. The lowest BCUT2D eigenvalue weighted by Gasteiger charge is -2.55. The number of benzene rings is 1. The van der Waals surface area contributed by atoms with E-state index in [1.54, 1.807) is 18.2 Å². The van der Waals surface area contributed by atoms with Gasteiger partial charge in [-0.3, -0.25) is 4.79 Å². The van der Waals surface area contributed by atoms with Gasteiger partial charge in [0, 0.05) is 17.8 Å². The van der Waals surface area contributed by atoms with Gasteiger partial charge in [-0.1, -0.05) is 66.5 Å². The van der Waals surface area contributed by atoms with Crippen molar-refractivity contribution in [2.45, 2.75) is 112 Å². The Morgan fingerprint density at radius 2 is 1.60 bits per heavy atom. The molecule has 4 aliphatic carbocycles. The fourth-order valence-electron chi connectivity index (χ4n) is 7.63. The molecule has 1 aromatic rings. The zero-order valence-electron chi connectivity index (χ0n) is 23.1. The summed E-state index contributed by atoms with van der Waals surface area (Å²) >= 11 is 0. The summed E-state index contributed by atoms with van der Waals surface area (Å²) in [6, 6.07) is 5.79. The summed E-state index contributed by atoms with van der Waals surface area (Å²) in [5, 5.41) is 11.9. The van der Waals surface area contributed by atoms with Crippen molar-refractivity contribution in [1.29, 1.82) is 0 Å². The van der Waals surface area contributed by atoms with Crippen LogP contribution in [0, 0.1) is 17.3 Å². The number of hydrogen-bond acceptors (Lipinski definition) is 5. The van der Waals surface area contributed by atoms with Gasteiger partial charge in [-0.2, -0.15) is 62.1 Å². The highest BCUT2D eigenvalue weighted by Crippen LogP contribution is 2.67. The molecule has 12 heteroatoms. The summed E-state index contributed by atoms with van der Waals surface area (Å²) in [6.45, 7) is 4.11. The second kappa shape index (κ2) is 17.2. The first-order valence-electron chi connectivity index (χ1n) is 13.2. The normalized spacial score (nSPS) is 28.4. The van der Waals surface area contributed by atoms with Gasteiger partial charge < -0.3 is 9.29 Å². The predicted molar refractivity (Wildman–Crippen MR) is 195 cm³/mol. The topological polar surface area (TPSA) is 80.7 Å². The van der Waals surface area contributed by atoms with Crippen molar-refractivity contribution in [3.8, 4) is 5.75 Å². The van der Waals surface area contributed by atoms with Crippen molar-refractivity contribution in [1.82, 2.24) is 0 Å². The number of carbonyl (C=O) groups is 1. The summed E-state index contributed by atoms with van der Waals surface area (Å²) in [6.07, 6.45) is 11.4. The number of rotatable bonds is 5. The Balaban J connectivity index is -0.00000252. The predicted octanol–water partition coefficient (Wildman–Crippen LogP) is 9.39. The number of carbonyl (C=O) groups excluding carboxylic acids is 1. The molecule has 0 heterocycles. The van der Waals surface area contributed by atoms with Crippen LogP contribution in [0.5, 0.6) is 5.75 Å². The maximum absolute atomic E-state index is 12.8. The highest BCUT2D eigenvalue weighted by atomic mass is 32.2. The molecule has 0 bridgehead atoms. The average Bonchev–Trinajstić information content (AvgIpc) is 3.12. The van der Waals surface area contributed by atoms with Crippen LogP contribution in [0.4, 0.5) is 13.2 Å². The molecule has 0 aliphatic heterocycles. The summed E-state index contributed by atoms with van der Waals surface area (Å²) < 4.78 is 65.7. The Hall–Kier alpha value is -1.34. The number of aliphatic hydroxyl groups is 1. The Labute approximate surface area is 290 Å².